The molecule has 1 amide bonds. The lowest BCUT2D eigenvalue weighted by Crippen LogP contribution is -2.23. The number of carbonyl (C=O) groups is 1. The topological polar surface area (TPSA) is 68.0 Å². The maximum absolute atomic E-state index is 12.1. The normalized spacial score (nSPS) is 9.43. The van der Waals surface area contributed by atoms with Gasteiger partial charge in [-0.15, -0.1) is 36.2 Å². The number of thiazole rings is 1. The third kappa shape index (κ3) is 5.19. The van der Waals surface area contributed by atoms with Crippen LogP contribution in [0.25, 0.3) is 0 Å². The van der Waals surface area contributed by atoms with E-state index in [1.807, 2.05) is 19.2 Å². The van der Waals surface area contributed by atoms with Gasteiger partial charge in [-0.1, -0.05) is 13.0 Å². The highest BCUT2D eigenvalue weighted by Gasteiger charge is 2.10. The van der Waals surface area contributed by atoms with Crippen molar-refractivity contribution in [1.82, 2.24) is 10.3 Å². The number of nitrogens with one attached hydrogen (secondary N) is 1. The van der Waals surface area contributed by atoms with Gasteiger partial charge in [0.2, 0.25) is 0 Å². The Morgan fingerprint density at radius 1 is 1.38 bits per heavy atom. The molecule has 0 unspecified atom stereocenters. The summed E-state index contributed by atoms with van der Waals surface area (Å²) in [5.41, 5.74) is 7.83. The van der Waals surface area contributed by atoms with Crippen molar-refractivity contribution >= 4 is 47.7 Å². The van der Waals surface area contributed by atoms with Crippen LogP contribution in [-0.4, -0.2) is 10.9 Å². The Kier molecular flexibility index (Phi) is 8.32. The van der Waals surface area contributed by atoms with Crippen molar-refractivity contribution in [3.8, 4) is 0 Å². The summed E-state index contributed by atoms with van der Waals surface area (Å²) in [4.78, 5) is 17.6. The average Bonchev–Trinajstić information content (AvgIpc) is 2.87. The molecule has 0 aliphatic carbocycles. The quantitative estimate of drug-likeness (QED) is 0.833. The molecule has 0 atom stereocenters. The molecule has 2 rings (SSSR count). The van der Waals surface area contributed by atoms with E-state index >= 15 is 0 Å². The lowest BCUT2D eigenvalue weighted by molar-refractivity contribution is 0.0950. The molecule has 1 aromatic heterocycles. The summed E-state index contributed by atoms with van der Waals surface area (Å²) in [5, 5.41) is 3.80. The number of amides is 1. The summed E-state index contributed by atoms with van der Waals surface area (Å²) in [6.45, 7) is 4.44. The lowest BCUT2D eigenvalue weighted by atomic mass is 10.1. The third-order valence-electron chi connectivity index (χ3n) is 2.86. The van der Waals surface area contributed by atoms with E-state index in [9.17, 15) is 4.79 Å². The molecule has 0 saturated carbocycles. The number of hydrogen-bond donors (Lipinski definition) is 2. The molecule has 2 aromatic rings. The Bertz CT molecular complexity index is 602. The lowest BCUT2D eigenvalue weighted by Gasteiger charge is -2.07. The molecule has 116 valence electrons. The second-order valence-electron chi connectivity index (χ2n) is 4.33. The predicted octanol–water partition coefficient (Wildman–Crippen LogP) is 3.37. The van der Waals surface area contributed by atoms with Gasteiger partial charge in [-0.3, -0.25) is 4.79 Å². The van der Waals surface area contributed by atoms with Gasteiger partial charge in [-0.25, -0.2) is 4.98 Å². The Hall–Kier alpha value is -1.30. The molecule has 0 spiro atoms. The molecule has 0 radical (unpaired) electrons. The Balaban J connectivity index is 0.00000200. The fourth-order valence-electron chi connectivity index (χ4n) is 1.73. The zero-order valence-electron chi connectivity index (χ0n) is 11.9. The molecule has 21 heavy (non-hydrogen) atoms. The van der Waals surface area contributed by atoms with E-state index in [4.69, 9.17) is 5.73 Å². The molecule has 0 aliphatic rings. The van der Waals surface area contributed by atoms with Crippen molar-refractivity contribution < 1.29 is 4.79 Å². The van der Waals surface area contributed by atoms with Gasteiger partial charge >= 0.3 is 0 Å². The number of hydrogen-bond acceptors (Lipinski definition) is 4. The first-order valence-electron chi connectivity index (χ1n) is 6.18. The fraction of sp³-hybridized carbons (Fsp3) is 0.286. The standard InChI is InChI=1S/C14H17N3OS.2ClH/c1-3-11-7-16-13(19-11)8-17-14(18)12-6-10(15)5-4-9(12)2;;/h4-7H,3,8,15H2,1-2H3,(H,17,18);2*1H. The van der Waals surface area contributed by atoms with Crippen LogP contribution < -0.4 is 11.1 Å². The number of carbonyl (C=O) groups excluding carboxylic acids is 1. The minimum absolute atomic E-state index is 0. The van der Waals surface area contributed by atoms with Gasteiger partial charge in [-0.2, -0.15) is 0 Å². The van der Waals surface area contributed by atoms with Crippen LogP contribution in [-0.2, 0) is 13.0 Å². The average molecular weight is 348 g/mol. The number of anilines is 1. The number of halogens is 2. The maximum atomic E-state index is 12.1. The van der Waals surface area contributed by atoms with Gasteiger partial charge in [-0.05, 0) is 31.0 Å². The van der Waals surface area contributed by atoms with E-state index in [1.165, 1.54) is 4.88 Å². The van der Waals surface area contributed by atoms with Crippen molar-refractivity contribution in [2.75, 3.05) is 5.73 Å². The van der Waals surface area contributed by atoms with Crippen molar-refractivity contribution in [2.45, 2.75) is 26.8 Å². The number of aromatic nitrogens is 1. The summed E-state index contributed by atoms with van der Waals surface area (Å²) in [6.07, 6.45) is 2.83. The molecule has 0 aliphatic heterocycles. The van der Waals surface area contributed by atoms with Gasteiger partial charge in [0.1, 0.15) is 5.01 Å². The molecular weight excluding hydrogens is 329 g/mol. The van der Waals surface area contributed by atoms with Crippen LogP contribution in [0.3, 0.4) is 0 Å². The summed E-state index contributed by atoms with van der Waals surface area (Å²) >= 11 is 1.63. The van der Waals surface area contributed by atoms with Crippen LogP contribution in [0, 0.1) is 6.92 Å². The van der Waals surface area contributed by atoms with Crippen molar-refractivity contribution in [3.05, 3.63) is 45.4 Å². The molecule has 0 saturated heterocycles. The maximum Gasteiger partial charge on any atom is 0.251 e. The van der Waals surface area contributed by atoms with E-state index in [2.05, 4.69) is 17.2 Å². The van der Waals surface area contributed by atoms with E-state index in [0.29, 0.717) is 17.8 Å². The molecule has 0 fully saturated rings. The van der Waals surface area contributed by atoms with Crippen LogP contribution in [0.4, 0.5) is 5.69 Å². The highest BCUT2D eigenvalue weighted by Crippen LogP contribution is 2.15. The summed E-state index contributed by atoms with van der Waals surface area (Å²) in [6, 6.07) is 5.34. The zero-order valence-corrected chi connectivity index (χ0v) is 14.3. The zero-order chi connectivity index (χ0) is 13.8. The van der Waals surface area contributed by atoms with Gasteiger partial charge in [0, 0.05) is 22.3 Å². The number of nitrogens with two attached hydrogens (primary N) is 1. The number of nitrogens with zero attached hydrogens (tertiary/aromatic N) is 1. The second-order valence-corrected chi connectivity index (χ2v) is 5.53. The first-order valence-corrected chi connectivity index (χ1v) is 6.99. The molecular formula is C14H19Cl2N3OS. The second kappa shape index (κ2) is 8.87. The molecule has 4 nitrogen and oxygen atoms in total. The van der Waals surface area contributed by atoms with Gasteiger partial charge in [0.25, 0.3) is 5.91 Å². The van der Waals surface area contributed by atoms with Crippen LogP contribution in [0.5, 0.6) is 0 Å². The number of rotatable bonds is 4. The smallest absolute Gasteiger partial charge is 0.251 e. The molecule has 7 heteroatoms. The van der Waals surface area contributed by atoms with Crippen molar-refractivity contribution in [2.24, 2.45) is 0 Å². The van der Waals surface area contributed by atoms with Gasteiger partial charge in [0.05, 0.1) is 6.54 Å². The summed E-state index contributed by atoms with van der Waals surface area (Å²) < 4.78 is 0. The van der Waals surface area contributed by atoms with E-state index in [1.54, 1.807) is 23.5 Å². The molecule has 1 heterocycles. The highest BCUT2D eigenvalue weighted by molar-refractivity contribution is 7.11. The summed E-state index contributed by atoms with van der Waals surface area (Å²) in [7, 11) is 0. The fourth-order valence-corrected chi connectivity index (χ4v) is 2.53. The molecule has 1 aromatic carbocycles. The largest absolute Gasteiger partial charge is 0.399 e. The third-order valence-corrected chi connectivity index (χ3v) is 4.00. The Morgan fingerprint density at radius 3 is 2.71 bits per heavy atom. The van der Waals surface area contributed by atoms with Gasteiger partial charge < -0.3 is 11.1 Å². The van der Waals surface area contributed by atoms with Crippen molar-refractivity contribution in [1.29, 1.82) is 0 Å². The first kappa shape index (κ1) is 19.7. The molecule has 0 bridgehead atoms. The van der Waals surface area contributed by atoms with E-state index in [-0.39, 0.29) is 30.7 Å². The monoisotopic (exact) mass is 347 g/mol. The number of benzene rings is 1. The first-order chi connectivity index (χ1) is 9.10. The minimum Gasteiger partial charge on any atom is -0.399 e. The SMILES string of the molecule is CCc1cnc(CNC(=O)c2cc(N)ccc2C)s1.Cl.Cl. The van der Waals surface area contributed by atoms with E-state index in [0.717, 1.165) is 17.0 Å². The van der Waals surface area contributed by atoms with Gasteiger partial charge in [0.15, 0.2) is 0 Å². The number of nitrogen functional groups attached to an aromatic ring is 1. The molecule has 3 N–H and O–H groups in total. The predicted molar refractivity (Wildman–Crippen MR) is 92.7 cm³/mol. The minimum atomic E-state index is -0.113. The van der Waals surface area contributed by atoms with Crippen LogP contribution in [0.1, 0.15) is 32.7 Å². The Morgan fingerprint density at radius 2 is 2.10 bits per heavy atom. The van der Waals surface area contributed by atoms with Crippen LogP contribution in [0.2, 0.25) is 0 Å². The van der Waals surface area contributed by atoms with E-state index < -0.39 is 0 Å². The number of aryl methyl sites for hydroxylation is 2. The summed E-state index contributed by atoms with van der Waals surface area (Å²) in [5.74, 6) is -0.113. The highest BCUT2D eigenvalue weighted by atomic mass is 35.5. The van der Waals surface area contributed by atoms with Crippen molar-refractivity contribution in [3.63, 3.8) is 0 Å². The van der Waals surface area contributed by atoms with Crippen LogP contribution >= 0.6 is 36.2 Å². The Labute approximate surface area is 141 Å². The van der Waals surface area contributed by atoms with Crippen LogP contribution in [0.15, 0.2) is 24.4 Å².